The van der Waals surface area contributed by atoms with Crippen LogP contribution in [-0.2, 0) is 4.79 Å². The summed E-state index contributed by atoms with van der Waals surface area (Å²) in [6.07, 6.45) is 0. The van der Waals surface area contributed by atoms with Gasteiger partial charge in [0.1, 0.15) is 0 Å². The second-order valence-corrected chi connectivity index (χ2v) is 7.11. The molecule has 0 saturated heterocycles. The van der Waals surface area contributed by atoms with Gasteiger partial charge < -0.3 is 10.6 Å². The first-order valence-electron chi connectivity index (χ1n) is 6.39. The summed E-state index contributed by atoms with van der Waals surface area (Å²) in [7, 11) is 0. The predicted octanol–water partition coefficient (Wildman–Crippen LogP) is 3.74. The first-order chi connectivity index (χ1) is 10.1. The number of amides is 1. The highest BCUT2D eigenvalue weighted by Crippen LogP contribution is 2.30. The van der Waals surface area contributed by atoms with Crippen LogP contribution >= 0.6 is 34.7 Å². The molecule has 1 atom stereocenters. The minimum atomic E-state index is -0.288. The molecule has 8 heteroatoms. The van der Waals surface area contributed by atoms with Crippen molar-refractivity contribution >= 4 is 51.4 Å². The molecule has 0 fully saturated rings. The van der Waals surface area contributed by atoms with Crippen LogP contribution in [-0.4, -0.2) is 27.9 Å². The van der Waals surface area contributed by atoms with Crippen molar-refractivity contribution in [3.63, 3.8) is 0 Å². The molecule has 2 N–H and O–H groups in total. The van der Waals surface area contributed by atoms with Gasteiger partial charge in [-0.1, -0.05) is 46.8 Å². The number of nitrogens with zero attached hydrogens (tertiary/aromatic N) is 2. The number of nitrogens with one attached hydrogen (secondary N) is 2. The largest absolute Gasteiger partial charge is 0.360 e. The van der Waals surface area contributed by atoms with Crippen LogP contribution in [0, 0.1) is 0 Å². The smallest absolute Gasteiger partial charge is 0.237 e. The molecule has 0 bridgehead atoms. The SMILES string of the molecule is CCNc1nnc(S[C@H](C)C(=O)Nc2ccccc2Cl)s1. The maximum Gasteiger partial charge on any atom is 0.237 e. The molecule has 1 aromatic carbocycles. The zero-order chi connectivity index (χ0) is 15.2. The Morgan fingerprint density at radius 1 is 1.43 bits per heavy atom. The molecule has 0 unspecified atom stereocenters. The van der Waals surface area contributed by atoms with E-state index in [1.54, 1.807) is 12.1 Å². The number of hydrogen-bond donors (Lipinski definition) is 2. The molecule has 2 aromatic rings. The molecule has 0 aliphatic heterocycles. The Kier molecular flexibility index (Phi) is 5.84. The van der Waals surface area contributed by atoms with E-state index in [2.05, 4.69) is 20.8 Å². The fourth-order valence-corrected chi connectivity index (χ4v) is 3.63. The normalized spacial score (nSPS) is 12.0. The molecule has 5 nitrogen and oxygen atoms in total. The summed E-state index contributed by atoms with van der Waals surface area (Å²) in [5, 5.41) is 14.9. The molecule has 1 heterocycles. The van der Waals surface area contributed by atoms with Crippen LogP contribution in [0.3, 0.4) is 0 Å². The fraction of sp³-hybridized carbons (Fsp3) is 0.308. The van der Waals surface area contributed by atoms with Gasteiger partial charge in [0.25, 0.3) is 0 Å². The molecular weight excluding hydrogens is 328 g/mol. The van der Waals surface area contributed by atoms with Crippen LogP contribution < -0.4 is 10.6 Å². The van der Waals surface area contributed by atoms with Crippen molar-refractivity contribution in [3.05, 3.63) is 29.3 Å². The van der Waals surface area contributed by atoms with E-state index < -0.39 is 0 Å². The number of carbonyl (C=O) groups is 1. The van der Waals surface area contributed by atoms with Crippen LogP contribution in [0.5, 0.6) is 0 Å². The second kappa shape index (κ2) is 7.63. The summed E-state index contributed by atoms with van der Waals surface area (Å²) in [5.74, 6) is -0.117. The quantitative estimate of drug-likeness (QED) is 0.783. The van der Waals surface area contributed by atoms with Crippen LogP contribution in [0.1, 0.15) is 13.8 Å². The van der Waals surface area contributed by atoms with Crippen molar-refractivity contribution in [3.8, 4) is 0 Å². The molecule has 0 spiro atoms. The molecule has 21 heavy (non-hydrogen) atoms. The van der Waals surface area contributed by atoms with E-state index in [-0.39, 0.29) is 11.2 Å². The lowest BCUT2D eigenvalue weighted by atomic mass is 10.3. The summed E-state index contributed by atoms with van der Waals surface area (Å²) in [5.41, 5.74) is 0.613. The lowest BCUT2D eigenvalue weighted by Gasteiger charge is -2.11. The first-order valence-corrected chi connectivity index (χ1v) is 8.47. The molecule has 112 valence electrons. The van der Waals surface area contributed by atoms with Crippen molar-refractivity contribution in [2.45, 2.75) is 23.4 Å². The van der Waals surface area contributed by atoms with Crippen molar-refractivity contribution in [2.75, 3.05) is 17.2 Å². The van der Waals surface area contributed by atoms with Gasteiger partial charge in [-0.15, -0.1) is 10.2 Å². The Labute approximate surface area is 136 Å². The number of carbonyl (C=O) groups excluding carboxylic acids is 1. The molecule has 1 aromatic heterocycles. The van der Waals surface area contributed by atoms with E-state index in [1.807, 2.05) is 26.0 Å². The van der Waals surface area contributed by atoms with Gasteiger partial charge >= 0.3 is 0 Å². The van der Waals surface area contributed by atoms with Crippen LogP contribution in [0.4, 0.5) is 10.8 Å². The van der Waals surface area contributed by atoms with E-state index in [9.17, 15) is 4.79 Å². The van der Waals surface area contributed by atoms with Gasteiger partial charge in [-0.3, -0.25) is 4.79 Å². The van der Waals surface area contributed by atoms with E-state index >= 15 is 0 Å². The molecule has 1 amide bonds. The number of rotatable bonds is 6. The number of benzene rings is 1. The second-order valence-electron chi connectivity index (χ2n) is 4.13. The lowest BCUT2D eigenvalue weighted by Crippen LogP contribution is -2.22. The summed E-state index contributed by atoms with van der Waals surface area (Å²) in [6.45, 7) is 4.61. The zero-order valence-electron chi connectivity index (χ0n) is 11.6. The fourth-order valence-electron chi connectivity index (χ4n) is 1.48. The van der Waals surface area contributed by atoms with Gasteiger partial charge in [0.05, 0.1) is 16.0 Å². The summed E-state index contributed by atoms with van der Waals surface area (Å²) in [6, 6.07) is 7.15. The molecule has 0 aliphatic carbocycles. The predicted molar refractivity (Wildman–Crippen MR) is 89.5 cm³/mol. The maximum absolute atomic E-state index is 12.2. The molecule has 0 radical (unpaired) electrons. The van der Waals surface area contributed by atoms with Crippen molar-refractivity contribution in [2.24, 2.45) is 0 Å². The topological polar surface area (TPSA) is 66.9 Å². The number of halogens is 1. The average molecular weight is 343 g/mol. The standard InChI is InChI=1S/C13H15ClN4OS2/c1-3-15-12-17-18-13(21-12)20-8(2)11(19)16-10-7-5-4-6-9(10)14/h4-8H,3H2,1-2H3,(H,15,17)(H,16,19)/t8-/m1/s1. The van der Waals surface area contributed by atoms with Crippen molar-refractivity contribution in [1.29, 1.82) is 0 Å². The minimum Gasteiger partial charge on any atom is -0.360 e. The maximum atomic E-state index is 12.2. The number of thioether (sulfide) groups is 1. The van der Waals surface area contributed by atoms with Crippen LogP contribution in [0.15, 0.2) is 28.6 Å². The monoisotopic (exact) mass is 342 g/mol. The van der Waals surface area contributed by atoms with Gasteiger partial charge in [-0.05, 0) is 26.0 Å². The molecule has 0 saturated carbocycles. The summed E-state index contributed by atoms with van der Waals surface area (Å²) < 4.78 is 0.757. The van der Waals surface area contributed by atoms with E-state index in [1.165, 1.54) is 23.1 Å². The van der Waals surface area contributed by atoms with E-state index in [0.717, 1.165) is 16.0 Å². The highest BCUT2D eigenvalue weighted by atomic mass is 35.5. The Morgan fingerprint density at radius 3 is 2.90 bits per heavy atom. The summed E-state index contributed by atoms with van der Waals surface area (Å²) in [4.78, 5) is 12.2. The number of aromatic nitrogens is 2. The van der Waals surface area contributed by atoms with Gasteiger partial charge in [0.15, 0.2) is 4.34 Å². The Morgan fingerprint density at radius 2 is 2.19 bits per heavy atom. The third kappa shape index (κ3) is 4.59. The highest BCUT2D eigenvalue weighted by Gasteiger charge is 2.18. The highest BCUT2D eigenvalue weighted by molar-refractivity contribution is 8.02. The first kappa shape index (κ1) is 16.1. The number of para-hydroxylation sites is 1. The molecule has 0 aliphatic rings. The Balaban J connectivity index is 1.94. The van der Waals surface area contributed by atoms with Crippen LogP contribution in [0.25, 0.3) is 0 Å². The van der Waals surface area contributed by atoms with Gasteiger partial charge in [-0.2, -0.15) is 0 Å². The van der Waals surface area contributed by atoms with E-state index in [0.29, 0.717) is 10.7 Å². The number of anilines is 2. The number of hydrogen-bond acceptors (Lipinski definition) is 6. The lowest BCUT2D eigenvalue weighted by molar-refractivity contribution is -0.115. The average Bonchev–Trinajstić information content (AvgIpc) is 2.89. The zero-order valence-corrected chi connectivity index (χ0v) is 14.0. The van der Waals surface area contributed by atoms with Gasteiger partial charge in [0, 0.05) is 6.54 Å². The van der Waals surface area contributed by atoms with Crippen molar-refractivity contribution < 1.29 is 4.79 Å². The summed E-state index contributed by atoms with van der Waals surface area (Å²) >= 11 is 8.83. The Bertz CT molecular complexity index is 620. The van der Waals surface area contributed by atoms with Crippen LogP contribution in [0.2, 0.25) is 5.02 Å². The minimum absolute atomic E-state index is 0.117. The van der Waals surface area contributed by atoms with E-state index in [4.69, 9.17) is 11.6 Å². The third-order valence-electron chi connectivity index (χ3n) is 2.51. The third-order valence-corrected chi connectivity index (χ3v) is 4.91. The van der Waals surface area contributed by atoms with Gasteiger partial charge in [0.2, 0.25) is 11.0 Å². The molecule has 2 rings (SSSR count). The van der Waals surface area contributed by atoms with Gasteiger partial charge in [-0.25, -0.2) is 0 Å². The van der Waals surface area contributed by atoms with Crippen molar-refractivity contribution in [1.82, 2.24) is 10.2 Å². The Hall–Kier alpha value is -1.31. The molecular formula is C13H15ClN4OS2.